The third-order valence-electron chi connectivity index (χ3n) is 8.25. The van der Waals surface area contributed by atoms with Crippen LogP contribution in [0.3, 0.4) is 0 Å². The predicted octanol–water partition coefficient (Wildman–Crippen LogP) is 2.46. The number of ketones is 1. The number of hydroxylamine groups is 6. The smallest absolute Gasteiger partial charge is 0.246 e. The standard InChI is InChI=1S/C36H59N7O10/c1-29(44)41(51)26-8-2-5-22-39-33(47)15-17-35(49)43(53)28-10-4-7-23-40-34(48)16-18-36(50)42(52)27-9-3-6-21-38-32(46)14-13-31(45)12-11-30-19-24-37-25-20-30/h19-20,24-25,51-53H,2-18,21-23,26-28H2,1H3,(H,38,46)(H,39,47)(H,40,48). The lowest BCUT2D eigenvalue weighted by Crippen LogP contribution is -2.31. The maximum Gasteiger partial charge on any atom is 0.246 e. The van der Waals surface area contributed by atoms with E-state index >= 15 is 0 Å². The van der Waals surface area contributed by atoms with Crippen molar-refractivity contribution in [3.05, 3.63) is 30.1 Å². The van der Waals surface area contributed by atoms with Crippen LogP contribution in [0, 0.1) is 0 Å². The Morgan fingerprint density at radius 3 is 1.34 bits per heavy atom. The summed E-state index contributed by atoms with van der Waals surface area (Å²) in [4.78, 5) is 87.1. The Morgan fingerprint density at radius 2 is 0.925 bits per heavy atom. The monoisotopic (exact) mass is 749 g/mol. The van der Waals surface area contributed by atoms with Crippen molar-refractivity contribution in [3.63, 3.8) is 0 Å². The first-order valence-electron chi connectivity index (χ1n) is 18.5. The zero-order chi connectivity index (χ0) is 39.3. The molecule has 0 atom stereocenters. The van der Waals surface area contributed by atoms with Gasteiger partial charge in [-0.15, -0.1) is 0 Å². The van der Waals surface area contributed by atoms with E-state index in [2.05, 4.69) is 20.9 Å². The first kappa shape index (κ1) is 46.5. The molecule has 6 N–H and O–H groups in total. The summed E-state index contributed by atoms with van der Waals surface area (Å²) in [5.74, 6) is -2.36. The maximum atomic E-state index is 12.2. The van der Waals surface area contributed by atoms with Crippen LogP contribution in [0.1, 0.15) is 115 Å². The van der Waals surface area contributed by atoms with Gasteiger partial charge in [-0.3, -0.25) is 54.2 Å². The van der Waals surface area contributed by atoms with Crippen molar-refractivity contribution in [2.24, 2.45) is 0 Å². The van der Waals surface area contributed by atoms with Gasteiger partial charge in [-0.2, -0.15) is 0 Å². The molecule has 1 aromatic heterocycles. The molecule has 0 radical (unpaired) electrons. The molecule has 0 aliphatic rings. The second kappa shape index (κ2) is 29.0. The Balaban J connectivity index is 1.98. The van der Waals surface area contributed by atoms with Crippen LogP contribution in [-0.2, 0) is 40.0 Å². The summed E-state index contributed by atoms with van der Waals surface area (Å²) in [6, 6.07) is 3.71. The summed E-state index contributed by atoms with van der Waals surface area (Å²) < 4.78 is 0. The quantitative estimate of drug-likeness (QED) is 0.0379. The molecule has 0 aliphatic heterocycles. The van der Waals surface area contributed by atoms with E-state index in [9.17, 15) is 49.2 Å². The van der Waals surface area contributed by atoms with Gasteiger partial charge in [0.2, 0.25) is 35.4 Å². The number of carbonyl (C=O) groups is 7. The number of aromatic nitrogens is 1. The number of Topliss-reactive ketones (excluding diaryl/α,β-unsaturated/α-hetero) is 1. The number of aryl methyl sites for hydroxylation is 1. The molecular weight excluding hydrogens is 690 g/mol. The number of nitrogens with zero attached hydrogens (tertiary/aromatic N) is 4. The van der Waals surface area contributed by atoms with Gasteiger partial charge in [0.25, 0.3) is 0 Å². The first-order chi connectivity index (χ1) is 25.4. The Morgan fingerprint density at radius 1 is 0.528 bits per heavy atom. The zero-order valence-electron chi connectivity index (χ0n) is 31.1. The van der Waals surface area contributed by atoms with Crippen LogP contribution in [0.2, 0.25) is 0 Å². The van der Waals surface area contributed by atoms with Gasteiger partial charge < -0.3 is 16.0 Å². The van der Waals surface area contributed by atoms with Crippen molar-refractivity contribution in [3.8, 4) is 0 Å². The largest absolute Gasteiger partial charge is 0.356 e. The molecule has 17 nitrogen and oxygen atoms in total. The van der Waals surface area contributed by atoms with Crippen molar-refractivity contribution in [1.29, 1.82) is 0 Å². The summed E-state index contributed by atoms with van der Waals surface area (Å²) in [7, 11) is 0. The van der Waals surface area contributed by atoms with E-state index in [4.69, 9.17) is 0 Å². The van der Waals surface area contributed by atoms with E-state index in [-0.39, 0.29) is 81.7 Å². The van der Waals surface area contributed by atoms with E-state index in [1.54, 1.807) is 12.4 Å². The highest BCUT2D eigenvalue weighted by atomic mass is 16.5. The molecule has 53 heavy (non-hydrogen) atoms. The molecule has 298 valence electrons. The summed E-state index contributed by atoms with van der Waals surface area (Å²) in [6.07, 6.45) is 9.74. The van der Waals surface area contributed by atoms with Crippen LogP contribution in [0.25, 0.3) is 0 Å². The second-order valence-electron chi connectivity index (χ2n) is 12.8. The molecule has 1 aromatic rings. The number of nitrogens with one attached hydrogen (secondary N) is 3. The molecule has 0 unspecified atom stereocenters. The van der Waals surface area contributed by atoms with Gasteiger partial charge in [-0.25, -0.2) is 15.2 Å². The normalized spacial score (nSPS) is 10.6. The predicted molar refractivity (Wildman–Crippen MR) is 192 cm³/mol. The van der Waals surface area contributed by atoms with Crippen molar-refractivity contribution in [2.45, 2.75) is 116 Å². The van der Waals surface area contributed by atoms with E-state index in [0.717, 1.165) is 5.56 Å². The molecule has 0 saturated heterocycles. The van der Waals surface area contributed by atoms with Crippen LogP contribution >= 0.6 is 0 Å². The minimum Gasteiger partial charge on any atom is -0.356 e. The number of pyridine rings is 1. The van der Waals surface area contributed by atoms with Crippen LogP contribution in [-0.4, -0.2) is 116 Å². The number of unbranched alkanes of at least 4 members (excludes halogenated alkanes) is 6. The number of hydrogen-bond donors (Lipinski definition) is 6. The van der Waals surface area contributed by atoms with Crippen LogP contribution in [0.5, 0.6) is 0 Å². The third-order valence-corrected chi connectivity index (χ3v) is 8.25. The fourth-order valence-electron chi connectivity index (χ4n) is 4.96. The molecule has 1 heterocycles. The molecule has 0 aromatic carbocycles. The maximum absolute atomic E-state index is 12.2. The number of rotatable bonds is 30. The van der Waals surface area contributed by atoms with Gasteiger partial charge in [0.05, 0.1) is 0 Å². The Hall–Kier alpha value is -4.48. The second-order valence-corrected chi connectivity index (χ2v) is 12.8. The third kappa shape index (κ3) is 25.2. The number of carbonyl (C=O) groups excluding carboxylic acids is 7. The zero-order valence-corrected chi connectivity index (χ0v) is 31.1. The average Bonchev–Trinajstić information content (AvgIpc) is 3.15. The SMILES string of the molecule is CC(=O)N(O)CCCCCNC(=O)CCC(=O)N(O)CCCCCNC(=O)CCC(=O)N(O)CCCCCNC(=O)CCC(=O)CCc1ccncc1. The molecule has 0 spiro atoms. The highest BCUT2D eigenvalue weighted by Gasteiger charge is 2.15. The Kier molecular flexibility index (Phi) is 25.5. The minimum atomic E-state index is -0.568. The summed E-state index contributed by atoms with van der Waals surface area (Å²) in [6.45, 7) is 2.87. The lowest BCUT2D eigenvalue weighted by Gasteiger charge is -2.15. The molecule has 17 heteroatoms. The van der Waals surface area contributed by atoms with Crippen molar-refractivity contribution in [1.82, 2.24) is 36.1 Å². The summed E-state index contributed by atoms with van der Waals surface area (Å²) >= 11 is 0. The van der Waals surface area contributed by atoms with E-state index in [1.165, 1.54) is 6.92 Å². The van der Waals surface area contributed by atoms with Gasteiger partial charge in [0.1, 0.15) is 5.78 Å². The lowest BCUT2D eigenvalue weighted by atomic mass is 10.1. The summed E-state index contributed by atoms with van der Waals surface area (Å²) in [5, 5.41) is 39.2. The van der Waals surface area contributed by atoms with Gasteiger partial charge in [0, 0.05) is 104 Å². The topological polar surface area (TPSA) is 239 Å². The average molecular weight is 750 g/mol. The molecule has 0 saturated carbocycles. The molecule has 0 aliphatic carbocycles. The first-order valence-corrected chi connectivity index (χ1v) is 18.5. The van der Waals surface area contributed by atoms with Crippen molar-refractivity contribution >= 4 is 41.2 Å². The highest BCUT2D eigenvalue weighted by molar-refractivity contribution is 5.85. The van der Waals surface area contributed by atoms with Gasteiger partial charge in [0.15, 0.2) is 0 Å². The fraction of sp³-hybridized carbons (Fsp3) is 0.667. The molecule has 0 fully saturated rings. The molecule has 1 rings (SSSR count). The minimum absolute atomic E-state index is 0.0309. The van der Waals surface area contributed by atoms with Gasteiger partial charge in [-0.1, -0.05) is 0 Å². The summed E-state index contributed by atoms with van der Waals surface area (Å²) in [5.41, 5.74) is 1.03. The molecule has 0 bridgehead atoms. The van der Waals surface area contributed by atoms with Gasteiger partial charge >= 0.3 is 0 Å². The lowest BCUT2D eigenvalue weighted by molar-refractivity contribution is -0.166. The van der Waals surface area contributed by atoms with Crippen LogP contribution in [0.4, 0.5) is 0 Å². The van der Waals surface area contributed by atoms with Crippen molar-refractivity contribution < 1.29 is 49.2 Å². The van der Waals surface area contributed by atoms with Gasteiger partial charge in [-0.05, 0) is 81.9 Å². The fourth-order valence-corrected chi connectivity index (χ4v) is 4.96. The van der Waals surface area contributed by atoms with Crippen LogP contribution in [0.15, 0.2) is 24.5 Å². The van der Waals surface area contributed by atoms with E-state index < -0.39 is 17.7 Å². The van der Waals surface area contributed by atoms with E-state index in [1.807, 2.05) is 12.1 Å². The molecular formula is C36H59N7O10. The van der Waals surface area contributed by atoms with Crippen LogP contribution < -0.4 is 16.0 Å². The van der Waals surface area contributed by atoms with Crippen molar-refractivity contribution in [2.75, 3.05) is 39.3 Å². The van der Waals surface area contributed by atoms with E-state index in [0.29, 0.717) is 105 Å². The Bertz CT molecular complexity index is 1270. The number of hydrogen-bond acceptors (Lipinski definition) is 11. The molecule has 6 amide bonds. The Labute approximate surface area is 311 Å². The number of amides is 6. The highest BCUT2D eigenvalue weighted by Crippen LogP contribution is 2.06.